The van der Waals surface area contributed by atoms with Crippen molar-refractivity contribution in [1.82, 2.24) is 0 Å². The summed E-state index contributed by atoms with van der Waals surface area (Å²) in [4.78, 5) is 2.31. The molecular formula is C19H19Cl2NO. The van der Waals surface area contributed by atoms with Crippen LogP contribution in [0, 0.1) is 0 Å². The van der Waals surface area contributed by atoms with Gasteiger partial charge in [-0.1, -0.05) is 35.3 Å². The zero-order valence-corrected chi connectivity index (χ0v) is 14.9. The highest BCUT2D eigenvalue weighted by molar-refractivity contribution is 6.42. The fraction of sp³-hybridized carbons (Fsp3) is 0.263. The highest BCUT2D eigenvalue weighted by atomic mass is 35.5. The first kappa shape index (κ1) is 16.2. The number of allylic oxidation sites excluding steroid dienone is 1. The number of hydrogen-bond acceptors (Lipinski definition) is 2. The first-order valence-electron chi connectivity index (χ1n) is 7.52. The fourth-order valence-corrected chi connectivity index (χ4v) is 3.50. The molecule has 3 rings (SSSR count). The molecule has 0 aromatic heterocycles. The van der Waals surface area contributed by atoms with Gasteiger partial charge in [-0.15, -0.1) is 0 Å². The molecule has 1 aliphatic rings. The number of benzene rings is 2. The number of phenols is 1. The lowest BCUT2D eigenvalue weighted by atomic mass is 9.88. The van der Waals surface area contributed by atoms with Gasteiger partial charge in [0.05, 0.1) is 15.6 Å². The van der Waals surface area contributed by atoms with Crippen molar-refractivity contribution in [3.8, 4) is 5.75 Å². The Morgan fingerprint density at radius 1 is 1.04 bits per heavy atom. The van der Waals surface area contributed by atoms with Crippen LogP contribution in [0.1, 0.15) is 31.9 Å². The van der Waals surface area contributed by atoms with Crippen molar-refractivity contribution < 1.29 is 5.11 Å². The molecule has 0 radical (unpaired) electrons. The lowest BCUT2D eigenvalue weighted by Gasteiger charge is -2.43. The number of aromatic hydroxyl groups is 1. The second kappa shape index (κ2) is 5.77. The third-order valence-electron chi connectivity index (χ3n) is 4.29. The molecule has 1 aliphatic heterocycles. The van der Waals surface area contributed by atoms with Gasteiger partial charge in [-0.2, -0.15) is 0 Å². The molecule has 4 heteroatoms. The summed E-state index contributed by atoms with van der Waals surface area (Å²) in [5, 5.41) is 10.9. The lowest BCUT2D eigenvalue weighted by Crippen LogP contribution is -2.44. The Labute approximate surface area is 147 Å². The number of rotatable bonds is 2. The standard InChI is InChI=1S/C19H19Cl2NO/c1-12-10-19(2,3)22(18-7-5-14(23)9-15(12)18)11-13-4-6-16(20)17(21)8-13/h4-10,23H,11H2,1-3H3. The lowest BCUT2D eigenvalue weighted by molar-refractivity contribution is 0.474. The summed E-state index contributed by atoms with van der Waals surface area (Å²) >= 11 is 12.2. The number of hydrogen-bond donors (Lipinski definition) is 1. The first-order valence-corrected chi connectivity index (χ1v) is 8.28. The van der Waals surface area contributed by atoms with Crippen molar-refractivity contribution in [3.63, 3.8) is 0 Å². The van der Waals surface area contributed by atoms with E-state index < -0.39 is 0 Å². The summed E-state index contributed by atoms with van der Waals surface area (Å²) in [6.45, 7) is 7.16. The van der Waals surface area contributed by atoms with Crippen molar-refractivity contribution in [2.45, 2.75) is 32.9 Å². The van der Waals surface area contributed by atoms with Crippen LogP contribution in [-0.4, -0.2) is 10.6 Å². The minimum atomic E-state index is -0.139. The van der Waals surface area contributed by atoms with Gasteiger partial charge in [0.1, 0.15) is 5.75 Å². The topological polar surface area (TPSA) is 23.5 Å². The van der Waals surface area contributed by atoms with Crippen LogP contribution < -0.4 is 4.90 Å². The monoisotopic (exact) mass is 347 g/mol. The molecule has 0 fully saturated rings. The Hall–Kier alpha value is -1.64. The predicted molar refractivity (Wildman–Crippen MR) is 98.5 cm³/mol. The third-order valence-corrected chi connectivity index (χ3v) is 5.02. The van der Waals surface area contributed by atoms with Crippen LogP contribution in [0.3, 0.4) is 0 Å². The highest BCUT2D eigenvalue weighted by Gasteiger charge is 2.31. The number of phenolic OH excluding ortho intramolecular Hbond substituents is 1. The molecule has 0 saturated carbocycles. The molecule has 0 unspecified atom stereocenters. The van der Waals surface area contributed by atoms with Gasteiger partial charge < -0.3 is 10.0 Å². The van der Waals surface area contributed by atoms with Gasteiger partial charge in [0, 0.05) is 17.8 Å². The third kappa shape index (κ3) is 3.06. The van der Waals surface area contributed by atoms with Gasteiger partial charge in [-0.25, -0.2) is 0 Å². The quantitative estimate of drug-likeness (QED) is 0.730. The molecule has 0 aliphatic carbocycles. The van der Waals surface area contributed by atoms with Crippen LogP contribution in [0.4, 0.5) is 5.69 Å². The summed E-state index contributed by atoms with van der Waals surface area (Å²) in [6, 6.07) is 11.3. The molecule has 0 saturated heterocycles. The van der Waals surface area contributed by atoms with Crippen molar-refractivity contribution in [3.05, 3.63) is 63.6 Å². The molecule has 1 N–H and O–H groups in total. The SMILES string of the molecule is CC1=CC(C)(C)N(Cc2ccc(Cl)c(Cl)c2)c2ccc(O)cc21. The van der Waals surface area contributed by atoms with Gasteiger partial charge in [0.15, 0.2) is 0 Å². The van der Waals surface area contributed by atoms with E-state index in [9.17, 15) is 5.11 Å². The molecule has 0 amide bonds. The minimum Gasteiger partial charge on any atom is -0.508 e. The van der Waals surface area contributed by atoms with E-state index in [4.69, 9.17) is 23.2 Å². The van der Waals surface area contributed by atoms with Crippen LogP contribution in [0.5, 0.6) is 5.75 Å². The number of nitrogens with zero attached hydrogens (tertiary/aromatic N) is 1. The molecule has 2 aromatic rings. The van der Waals surface area contributed by atoms with E-state index in [-0.39, 0.29) is 11.3 Å². The Balaban J connectivity index is 2.05. The van der Waals surface area contributed by atoms with Gasteiger partial charge in [-0.3, -0.25) is 0 Å². The second-order valence-electron chi connectivity index (χ2n) is 6.52. The maximum absolute atomic E-state index is 9.80. The van der Waals surface area contributed by atoms with Crippen LogP contribution in [0.2, 0.25) is 10.0 Å². The summed E-state index contributed by atoms with van der Waals surface area (Å²) < 4.78 is 0. The van der Waals surface area contributed by atoms with Crippen molar-refractivity contribution in [2.24, 2.45) is 0 Å². The molecule has 0 spiro atoms. The van der Waals surface area contributed by atoms with Gasteiger partial charge in [-0.05, 0) is 62.2 Å². The Kier molecular flexibility index (Phi) is 4.07. The predicted octanol–water partition coefficient (Wildman–Crippen LogP) is 5.90. The minimum absolute atomic E-state index is 0.139. The van der Waals surface area contributed by atoms with Crippen molar-refractivity contribution >= 4 is 34.5 Å². The van der Waals surface area contributed by atoms with E-state index in [0.717, 1.165) is 16.8 Å². The van der Waals surface area contributed by atoms with Crippen LogP contribution in [-0.2, 0) is 6.54 Å². The van der Waals surface area contributed by atoms with Crippen LogP contribution in [0.25, 0.3) is 5.57 Å². The van der Waals surface area contributed by atoms with Crippen LogP contribution in [0.15, 0.2) is 42.5 Å². The summed E-state index contributed by atoms with van der Waals surface area (Å²) in [7, 11) is 0. The van der Waals surface area contributed by atoms with Gasteiger partial charge >= 0.3 is 0 Å². The summed E-state index contributed by atoms with van der Waals surface area (Å²) in [6.07, 6.45) is 2.23. The smallest absolute Gasteiger partial charge is 0.116 e. The maximum atomic E-state index is 9.80. The highest BCUT2D eigenvalue weighted by Crippen LogP contribution is 2.41. The number of fused-ring (bicyclic) bond motifs is 1. The van der Waals surface area contributed by atoms with E-state index in [1.165, 1.54) is 5.57 Å². The van der Waals surface area contributed by atoms with E-state index in [2.05, 4.69) is 31.7 Å². The molecule has 2 aromatic carbocycles. The second-order valence-corrected chi connectivity index (χ2v) is 7.33. The normalized spacial score (nSPS) is 16.0. The van der Waals surface area contributed by atoms with Crippen molar-refractivity contribution in [2.75, 3.05) is 4.90 Å². The Morgan fingerprint density at radius 3 is 2.48 bits per heavy atom. The molecule has 0 atom stereocenters. The number of anilines is 1. The molecular weight excluding hydrogens is 329 g/mol. The molecule has 2 nitrogen and oxygen atoms in total. The first-order chi connectivity index (χ1) is 10.8. The molecule has 23 heavy (non-hydrogen) atoms. The van der Waals surface area contributed by atoms with Gasteiger partial charge in [0.25, 0.3) is 0 Å². The van der Waals surface area contributed by atoms with E-state index in [1.54, 1.807) is 6.07 Å². The Morgan fingerprint density at radius 2 is 1.78 bits per heavy atom. The van der Waals surface area contributed by atoms with Crippen molar-refractivity contribution in [1.29, 1.82) is 0 Å². The fourth-order valence-electron chi connectivity index (χ4n) is 3.18. The van der Waals surface area contributed by atoms with Gasteiger partial charge in [0.2, 0.25) is 0 Å². The zero-order chi connectivity index (χ0) is 16.8. The Bertz CT molecular complexity index is 796. The van der Waals surface area contributed by atoms with Crippen LogP contribution >= 0.6 is 23.2 Å². The molecule has 120 valence electrons. The number of halogens is 2. The van der Waals surface area contributed by atoms with E-state index in [0.29, 0.717) is 16.6 Å². The summed E-state index contributed by atoms with van der Waals surface area (Å²) in [5.41, 5.74) is 4.30. The largest absolute Gasteiger partial charge is 0.508 e. The zero-order valence-electron chi connectivity index (χ0n) is 13.4. The molecule has 1 heterocycles. The van der Waals surface area contributed by atoms with E-state index in [1.807, 2.05) is 30.3 Å². The molecule has 0 bridgehead atoms. The van der Waals surface area contributed by atoms with E-state index >= 15 is 0 Å². The average Bonchev–Trinajstić information content (AvgIpc) is 2.47. The maximum Gasteiger partial charge on any atom is 0.116 e. The summed E-state index contributed by atoms with van der Waals surface area (Å²) in [5.74, 6) is 0.283. The average molecular weight is 348 g/mol.